The molecule has 0 radical (unpaired) electrons. The first-order valence-corrected chi connectivity index (χ1v) is 4.54. The SMILES string of the molecule is CCOCCSC(=N)N=C(N)N. The van der Waals surface area contributed by atoms with Crippen LogP contribution in [0.25, 0.3) is 0 Å². The molecule has 0 aliphatic rings. The third-order valence-corrected chi connectivity index (χ3v) is 1.64. The molecule has 0 spiro atoms. The number of guanidine groups is 1. The van der Waals surface area contributed by atoms with E-state index in [0.29, 0.717) is 19.0 Å². The average molecular weight is 190 g/mol. The topological polar surface area (TPSA) is 97.5 Å². The second-order valence-corrected chi connectivity index (χ2v) is 2.97. The van der Waals surface area contributed by atoms with Crippen LogP contribution >= 0.6 is 11.8 Å². The summed E-state index contributed by atoms with van der Waals surface area (Å²) in [4.78, 5) is 3.54. The summed E-state index contributed by atoms with van der Waals surface area (Å²) < 4.78 is 5.06. The minimum atomic E-state index is -0.0797. The van der Waals surface area contributed by atoms with Crippen molar-refractivity contribution in [3.05, 3.63) is 0 Å². The molecule has 0 aromatic heterocycles. The van der Waals surface area contributed by atoms with E-state index in [2.05, 4.69) is 4.99 Å². The number of nitrogens with zero attached hydrogens (tertiary/aromatic N) is 1. The standard InChI is InChI=1S/C6H14N4OS/c1-2-11-3-4-12-6(9)10-5(7)8/h2-4H2,1H3,(H5,7,8,9,10). The van der Waals surface area contributed by atoms with Crippen molar-refractivity contribution >= 4 is 22.9 Å². The highest BCUT2D eigenvalue weighted by molar-refractivity contribution is 8.13. The van der Waals surface area contributed by atoms with Gasteiger partial charge in [-0.15, -0.1) is 0 Å². The average Bonchev–Trinajstić information content (AvgIpc) is 1.97. The molecular weight excluding hydrogens is 176 g/mol. The molecular formula is C6H14N4OS. The van der Waals surface area contributed by atoms with E-state index < -0.39 is 0 Å². The number of nitrogens with one attached hydrogen (secondary N) is 1. The number of thioether (sulfide) groups is 1. The summed E-state index contributed by atoms with van der Waals surface area (Å²) in [7, 11) is 0. The zero-order valence-corrected chi connectivity index (χ0v) is 7.86. The molecule has 0 unspecified atom stereocenters. The van der Waals surface area contributed by atoms with Crippen molar-refractivity contribution in [3.8, 4) is 0 Å². The van der Waals surface area contributed by atoms with Crippen molar-refractivity contribution in [2.45, 2.75) is 6.92 Å². The molecule has 6 heteroatoms. The molecule has 0 fully saturated rings. The van der Waals surface area contributed by atoms with Gasteiger partial charge in [0.2, 0.25) is 0 Å². The highest BCUT2D eigenvalue weighted by atomic mass is 32.2. The molecule has 0 aromatic carbocycles. The molecule has 5 N–H and O–H groups in total. The predicted octanol–water partition coefficient (Wildman–Crippen LogP) is -0.0357. The van der Waals surface area contributed by atoms with Crippen LogP contribution in [0.4, 0.5) is 0 Å². The Hall–Kier alpha value is -0.750. The Morgan fingerprint density at radius 1 is 1.58 bits per heavy atom. The van der Waals surface area contributed by atoms with Crippen LogP contribution in [0.2, 0.25) is 0 Å². The molecule has 0 amide bonds. The number of hydrogen-bond acceptors (Lipinski definition) is 3. The normalized spacial score (nSPS) is 9.42. The fourth-order valence-corrected chi connectivity index (χ4v) is 1.06. The smallest absolute Gasteiger partial charge is 0.193 e. The van der Waals surface area contributed by atoms with E-state index in [9.17, 15) is 0 Å². The molecule has 0 rings (SSSR count). The minimum Gasteiger partial charge on any atom is -0.381 e. The molecule has 0 heterocycles. The summed E-state index contributed by atoms with van der Waals surface area (Å²) in [6, 6.07) is 0. The third-order valence-electron chi connectivity index (χ3n) is 0.901. The number of nitrogens with two attached hydrogens (primary N) is 2. The fourth-order valence-electron chi connectivity index (χ4n) is 0.491. The van der Waals surface area contributed by atoms with Crippen molar-refractivity contribution in [2.24, 2.45) is 16.5 Å². The van der Waals surface area contributed by atoms with Gasteiger partial charge in [-0.25, -0.2) is 0 Å². The molecule has 0 saturated heterocycles. The number of rotatable bonds is 4. The number of amidine groups is 1. The van der Waals surface area contributed by atoms with E-state index >= 15 is 0 Å². The number of aliphatic imine (C=N–C) groups is 1. The Labute approximate surface area is 76.1 Å². The Balaban J connectivity index is 3.39. The van der Waals surface area contributed by atoms with Gasteiger partial charge in [-0.05, 0) is 6.92 Å². The van der Waals surface area contributed by atoms with Gasteiger partial charge in [-0.3, -0.25) is 5.41 Å². The van der Waals surface area contributed by atoms with Gasteiger partial charge in [-0.2, -0.15) is 4.99 Å². The van der Waals surface area contributed by atoms with E-state index in [-0.39, 0.29) is 11.1 Å². The van der Waals surface area contributed by atoms with Crippen molar-refractivity contribution in [1.29, 1.82) is 5.41 Å². The van der Waals surface area contributed by atoms with Crippen LogP contribution in [-0.2, 0) is 4.74 Å². The van der Waals surface area contributed by atoms with Crippen LogP contribution in [0, 0.1) is 5.41 Å². The lowest BCUT2D eigenvalue weighted by Crippen LogP contribution is -2.23. The number of ether oxygens (including phenoxy) is 1. The van der Waals surface area contributed by atoms with Gasteiger partial charge >= 0.3 is 0 Å². The highest BCUT2D eigenvalue weighted by Gasteiger charge is 1.94. The maximum atomic E-state index is 7.21. The van der Waals surface area contributed by atoms with E-state index in [1.807, 2.05) is 6.92 Å². The molecule has 0 aliphatic heterocycles. The van der Waals surface area contributed by atoms with Crippen molar-refractivity contribution in [2.75, 3.05) is 19.0 Å². The fraction of sp³-hybridized carbons (Fsp3) is 0.667. The minimum absolute atomic E-state index is 0.0797. The van der Waals surface area contributed by atoms with E-state index in [4.69, 9.17) is 21.6 Å². The number of hydrogen-bond donors (Lipinski definition) is 3. The van der Waals surface area contributed by atoms with Gasteiger partial charge < -0.3 is 16.2 Å². The first kappa shape index (κ1) is 11.2. The maximum Gasteiger partial charge on any atom is 0.193 e. The Morgan fingerprint density at radius 2 is 2.25 bits per heavy atom. The molecule has 0 atom stereocenters. The molecule has 70 valence electrons. The second-order valence-electron chi connectivity index (χ2n) is 1.89. The van der Waals surface area contributed by atoms with Gasteiger partial charge in [0.05, 0.1) is 6.61 Å². The predicted molar refractivity (Wildman–Crippen MR) is 52.5 cm³/mol. The highest BCUT2D eigenvalue weighted by Crippen LogP contribution is 2.02. The quantitative estimate of drug-likeness (QED) is 0.329. The van der Waals surface area contributed by atoms with E-state index in [1.54, 1.807) is 0 Å². The first-order valence-electron chi connectivity index (χ1n) is 3.55. The van der Waals surface area contributed by atoms with Gasteiger partial charge in [0.25, 0.3) is 0 Å². The molecule has 0 saturated carbocycles. The summed E-state index contributed by atoms with van der Waals surface area (Å²) in [5.74, 6) is 0.618. The lowest BCUT2D eigenvalue weighted by molar-refractivity contribution is 0.164. The molecule has 0 aromatic rings. The Kier molecular flexibility index (Phi) is 6.50. The van der Waals surface area contributed by atoms with Crippen LogP contribution in [0.1, 0.15) is 6.92 Å². The largest absolute Gasteiger partial charge is 0.381 e. The zero-order chi connectivity index (χ0) is 9.40. The van der Waals surface area contributed by atoms with Crippen LogP contribution in [-0.4, -0.2) is 30.1 Å². The van der Waals surface area contributed by atoms with Gasteiger partial charge in [0.15, 0.2) is 11.1 Å². The molecule has 0 aliphatic carbocycles. The summed E-state index contributed by atoms with van der Waals surface area (Å²) in [5, 5.41) is 7.33. The first-order chi connectivity index (χ1) is 5.66. The summed E-state index contributed by atoms with van der Waals surface area (Å²) in [5.41, 5.74) is 10.1. The van der Waals surface area contributed by atoms with Crippen LogP contribution in [0.3, 0.4) is 0 Å². The summed E-state index contributed by atoms with van der Waals surface area (Å²) in [6.07, 6.45) is 0. The Bertz CT molecular complexity index is 167. The van der Waals surface area contributed by atoms with Crippen molar-refractivity contribution < 1.29 is 4.74 Å². The van der Waals surface area contributed by atoms with Crippen molar-refractivity contribution in [3.63, 3.8) is 0 Å². The van der Waals surface area contributed by atoms with E-state index in [0.717, 1.165) is 0 Å². The van der Waals surface area contributed by atoms with Gasteiger partial charge in [0, 0.05) is 12.4 Å². The lowest BCUT2D eigenvalue weighted by atomic mass is 10.8. The molecule has 0 bridgehead atoms. The Morgan fingerprint density at radius 3 is 2.75 bits per heavy atom. The van der Waals surface area contributed by atoms with Crippen LogP contribution in [0.5, 0.6) is 0 Å². The lowest BCUT2D eigenvalue weighted by Gasteiger charge is -1.99. The third kappa shape index (κ3) is 7.36. The summed E-state index contributed by atoms with van der Waals surface area (Å²) >= 11 is 1.26. The maximum absolute atomic E-state index is 7.21. The van der Waals surface area contributed by atoms with Crippen LogP contribution < -0.4 is 11.5 Å². The van der Waals surface area contributed by atoms with E-state index in [1.165, 1.54) is 11.8 Å². The zero-order valence-electron chi connectivity index (χ0n) is 7.04. The molecule has 5 nitrogen and oxygen atoms in total. The molecule has 12 heavy (non-hydrogen) atoms. The second kappa shape index (κ2) is 6.93. The van der Waals surface area contributed by atoms with Crippen LogP contribution in [0.15, 0.2) is 4.99 Å². The monoisotopic (exact) mass is 190 g/mol. The van der Waals surface area contributed by atoms with Gasteiger partial charge in [0.1, 0.15) is 0 Å². The van der Waals surface area contributed by atoms with Crippen molar-refractivity contribution in [1.82, 2.24) is 0 Å². The van der Waals surface area contributed by atoms with Gasteiger partial charge in [-0.1, -0.05) is 11.8 Å². The summed E-state index contributed by atoms with van der Waals surface area (Å²) in [6.45, 7) is 3.23.